The number of nitrogens with one attached hydrogen (secondary N) is 2. The number of guanidine groups is 1. The first kappa shape index (κ1) is 18.5. The summed E-state index contributed by atoms with van der Waals surface area (Å²) in [7, 11) is 1.80. The number of nitrogens with zero attached hydrogens (tertiary/aromatic N) is 3. The van der Waals surface area contributed by atoms with Crippen LogP contribution >= 0.6 is 0 Å². The molecule has 0 bridgehead atoms. The molecule has 4 rings (SSSR count). The molecule has 0 spiro atoms. The third kappa shape index (κ3) is 4.17. The molecule has 1 aromatic carbocycles. The van der Waals surface area contributed by atoms with Gasteiger partial charge in [-0.2, -0.15) is 0 Å². The molecule has 2 N–H and O–H groups in total. The first-order chi connectivity index (χ1) is 13.8. The van der Waals surface area contributed by atoms with Crippen molar-refractivity contribution >= 4 is 16.7 Å². The van der Waals surface area contributed by atoms with E-state index in [4.69, 9.17) is 4.42 Å². The van der Waals surface area contributed by atoms with Crippen LogP contribution in [0, 0.1) is 0 Å². The second-order valence-electron chi connectivity index (χ2n) is 7.06. The summed E-state index contributed by atoms with van der Waals surface area (Å²) in [5.74, 6) is 1.77. The van der Waals surface area contributed by atoms with Crippen LogP contribution in [0.4, 0.5) is 0 Å². The molecule has 6 heteroatoms. The molecule has 1 aliphatic heterocycles. The fraction of sp³-hybridized carbons (Fsp3) is 0.364. The minimum absolute atomic E-state index is 0.215. The average Bonchev–Trinajstić information content (AvgIpc) is 3.45. The molecule has 6 nitrogen and oxygen atoms in total. The third-order valence-corrected chi connectivity index (χ3v) is 5.32. The number of hydrogen-bond donors (Lipinski definition) is 2. The lowest BCUT2D eigenvalue weighted by Gasteiger charge is -2.26. The lowest BCUT2D eigenvalue weighted by atomic mass is 10.1. The Morgan fingerprint density at radius 2 is 2.00 bits per heavy atom. The molecule has 1 unspecified atom stereocenters. The van der Waals surface area contributed by atoms with Gasteiger partial charge in [0.05, 0.1) is 24.5 Å². The number of furan rings is 1. The van der Waals surface area contributed by atoms with Gasteiger partial charge in [0.15, 0.2) is 5.96 Å². The lowest BCUT2D eigenvalue weighted by Crippen LogP contribution is -2.42. The molecule has 0 amide bonds. The van der Waals surface area contributed by atoms with Crippen molar-refractivity contribution in [3.63, 3.8) is 0 Å². The summed E-state index contributed by atoms with van der Waals surface area (Å²) >= 11 is 0. The van der Waals surface area contributed by atoms with Gasteiger partial charge in [-0.15, -0.1) is 0 Å². The van der Waals surface area contributed by atoms with Crippen molar-refractivity contribution in [1.82, 2.24) is 20.5 Å². The molecule has 1 saturated heterocycles. The van der Waals surface area contributed by atoms with E-state index < -0.39 is 0 Å². The van der Waals surface area contributed by atoms with E-state index in [0.717, 1.165) is 37.0 Å². The smallest absolute Gasteiger partial charge is 0.191 e. The minimum Gasteiger partial charge on any atom is -0.468 e. The number of benzene rings is 1. The Morgan fingerprint density at radius 3 is 2.79 bits per heavy atom. The number of aliphatic imine (C=N–C) groups is 1. The largest absolute Gasteiger partial charge is 0.468 e. The van der Waals surface area contributed by atoms with E-state index in [0.29, 0.717) is 6.54 Å². The van der Waals surface area contributed by atoms with E-state index in [2.05, 4.69) is 43.7 Å². The summed E-state index contributed by atoms with van der Waals surface area (Å²) in [5, 5.41) is 9.22. The summed E-state index contributed by atoms with van der Waals surface area (Å²) in [6, 6.07) is 14.6. The lowest BCUT2D eigenvalue weighted by molar-refractivity contribution is 0.215. The number of rotatable bonds is 6. The van der Waals surface area contributed by atoms with E-state index in [-0.39, 0.29) is 6.04 Å². The molecule has 0 radical (unpaired) electrons. The van der Waals surface area contributed by atoms with E-state index in [9.17, 15) is 0 Å². The molecule has 0 aliphatic carbocycles. The summed E-state index contributed by atoms with van der Waals surface area (Å²) < 4.78 is 5.70. The van der Waals surface area contributed by atoms with E-state index in [1.54, 1.807) is 13.3 Å². The first-order valence-corrected chi connectivity index (χ1v) is 9.90. The van der Waals surface area contributed by atoms with Gasteiger partial charge in [0, 0.05) is 25.2 Å². The Kier molecular flexibility index (Phi) is 5.87. The van der Waals surface area contributed by atoms with Crippen molar-refractivity contribution in [2.24, 2.45) is 4.99 Å². The molecule has 1 atom stereocenters. The number of likely N-dealkylation sites (tertiary alicyclic amines) is 1. The van der Waals surface area contributed by atoms with Gasteiger partial charge in [-0.1, -0.05) is 24.3 Å². The second-order valence-corrected chi connectivity index (χ2v) is 7.06. The zero-order valence-corrected chi connectivity index (χ0v) is 16.3. The maximum absolute atomic E-state index is 5.70. The Balaban J connectivity index is 1.40. The predicted octanol–water partition coefficient (Wildman–Crippen LogP) is 3.33. The van der Waals surface area contributed by atoms with Crippen molar-refractivity contribution in [3.05, 3.63) is 66.4 Å². The van der Waals surface area contributed by atoms with Crippen molar-refractivity contribution < 1.29 is 4.42 Å². The fourth-order valence-corrected chi connectivity index (χ4v) is 3.85. The van der Waals surface area contributed by atoms with Crippen molar-refractivity contribution in [1.29, 1.82) is 0 Å². The van der Waals surface area contributed by atoms with E-state index in [1.807, 2.05) is 30.5 Å². The van der Waals surface area contributed by atoms with Crippen LogP contribution in [0.15, 0.2) is 64.3 Å². The summed E-state index contributed by atoms with van der Waals surface area (Å²) in [5.41, 5.74) is 1.02. The van der Waals surface area contributed by atoms with Crippen LogP contribution < -0.4 is 10.6 Å². The third-order valence-electron chi connectivity index (χ3n) is 5.32. The van der Waals surface area contributed by atoms with Crippen molar-refractivity contribution in [3.8, 4) is 0 Å². The maximum Gasteiger partial charge on any atom is 0.191 e. The Hall–Kier alpha value is -2.86. The monoisotopic (exact) mass is 377 g/mol. The predicted molar refractivity (Wildman–Crippen MR) is 112 cm³/mol. The number of aromatic nitrogens is 1. The highest BCUT2D eigenvalue weighted by Gasteiger charge is 2.25. The van der Waals surface area contributed by atoms with Crippen LogP contribution in [0.2, 0.25) is 0 Å². The molecular weight excluding hydrogens is 350 g/mol. The second kappa shape index (κ2) is 8.89. The molecule has 1 fully saturated rings. The van der Waals surface area contributed by atoms with Crippen molar-refractivity contribution in [2.45, 2.75) is 25.4 Å². The van der Waals surface area contributed by atoms with Gasteiger partial charge in [-0.3, -0.25) is 14.9 Å². The molecule has 3 aromatic rings. The first-order valence-electron chi connectivity index (χ1n) is 9.90. The van der Waals surface area contributed by atoms with Gasteiger partial charge >= 0.3 is 0 Å². The van der Waals surface area contributed by atoms with E-state index >= 15 is 0 Å². The van der Waals surface area contributed by atoms with Gasteiger partial charge in [-0.05, 0) is 49.5 Å². The van der Waals surface area contributed by atoms with Crippen LogP contribution in [0.5, 0.6) is 0 Å². The average molecular weight is 377 g/mol. The van der Waals surface area contributed by atoms with Crippen molar-refractivity contribution in [2.75, 3.05) is 26.7 Å². The number of pyridine rings is 1. The minimum atomic E-state index is 0.215. The van der Waals surface area contributed by atoms with E-state index in [1.165, 1.54) is 23.6 Å². The molecule has 3 heterocycles. The maximum atomic E-state index is 5.70. The SMILES string of the molecule is CN=C(NCc1nccc2ccccc12)NCC(c1ccco1)N1CCCC1. The van der Waals surface area contributed by atoms with Crippen LogP contribution in [-0.2, 0) is 6.54 Å². The van der Waals surface area contributed by atoms with Crippen LogP contribution in [0.1, 0.15) is 30.3 Å². The Labute approximate surface area is 165 Å². The molecule has 146 valence electrons. The van der Waals surface area contributed by atoms with Gasteiger partial charge in [-0.25, -0.2) is 0 Å². The van der Waals surface area contributed by atoms with Crippen LogP contribution in [0.25, 0.3) is 10.8 Å². The van der Waals surface area contributed by atoms with Gasteiger partial charge in [0.2, 0.25) is 0 Å². The highest BCUT2D eigenvalue weighted by Crippen LogP contribution is 2.24. The zero-order valence-electron chi connectivity index (χ0n) is 16.3. The normalized spacial score (nSPS) is 16.4. The van der Waals surface area contributed by atoms with Gasteiger partial charge in [0.1, 0.15) is 5.76 Å². The van der Waals surface area contributed by atoms with Crippen LogP contribution in [0.3, 0.4) is 0 Å². The standard InChI is InChI=1S/C22H27N5O/c1-23-22(25-15-19-18-8-3-2-7-17(18)10-11-24-19)26-16-20(21-9-6-14-28-21)27-12-4-5-13-27/h2-3,6-11,14,20H,4-5,12-13,15-16H2,1H3,(H2,23,25,26). The summed E-state index contributed by atoms with van der Waals surface area (Å²) in [6.07, 6.45) is 6.10. The highest BCUT2D eigenvalue weighted by atomic mass is 16.3. The number of hydrogen-bond acceptors (Lipinski definition) is 4. The molecule has 0 saturated carbocycles. The molecule has 2 aromatic heterocycles. The molecule has 28 heavy (non-hydrogen) atoms. The zero-order chi connectivity index (χ0) is 19.2. The van der Waals surface area contributed by atoms with Gasteiger partial charge in [0.25, 0.3) is 0 Å². The molecule has 1 aliphatic rings. The van der Waals surface area contributed by atoms with Gasteiger partial charge < -0.3 is 15.1 Å². The fourth-order valence-electron chi connectivity index (χ4n) is 3.85. The topological polar surface area (TPSA) is 65.7 Å². The highest BCUT2D eigenvalue weighted by molar-refractivity contribution is 5.85. The Morgan fingerprint density at radius 1 is 1.14 bits per heavy atom. The summed E-state index contributed by atoms with van der Waals surface area (Å²) in [6.45, 7) is 3.59. The summed E-state index contributed by atoms with van der Waals surface area (Å²) in [4.78, 5) is 11.4. The molecular formula is C22H27N5O. The quantitative estimate of drug-likeness (QED) is 0.510. The number of fused-ring (bicyclic) bond motifs is 1. The Bertz CT molecular complexity index is 910. The van der Waals surface area contributed by atoms with Crippen LogP contribution in [-0.4, -0.2) is 42.5 Å².